The van der Waals surface area contributed by atoms with Crippen molar-refractivity contribution in [1.82, 2.24) is 0 Å². The summed E-state index contributed by atoms with van der Waals surface area (Å²) in [6, 6.07) is 5.76. The molecule has 0 heterocycles. The lowest BCUT2D eigenvalue weighted by Crippen LogP contribution is -2.78. The number of ether oxygens (including phenoxy) is 2. The number of carbonyl (C=O) groups excluding carboxylic acids is 3. The number of Topliss-reactive ketones (excluding diaryl/α,β-unsaturated/α-hetero) is 1. The number of hydrogen-bond donors (Lipinski definition) is 3. The van der Waals surface area contributed by atoms with E-state index in [-0.39, 0.29) is 37.4 Å². The van der Waals surface area contributed by atoms with E-state index < -0.39 is 63.5 Å². The first-order valence-corrected chi connectivity index (χ1v) is 16.3. The standard InChI is InChI=1S/C37H47FO8/c1-22(2)23(3)19-32(41)46-30-21-29-33(5)15-14-28(45-31(40)12-9-25-7-10-27(38)11-8-25)20-26(33)13-16-36(29,43)37(44)18-17-35(42,24(4)39)34(30,37)6/h7-13,19,22,28-30,42-44H,14-18,20-21H2,1-6H3/b12-9+,23-19+/t28-,29?,30+,33-,34+,35+,36-,37+/m0/s1. The zero-order chi connectivity index (χ0) is 33.9. The highest BCUT2D eigenvalue weighted by atomic mass is 19.1. The molecular formula is C37H47FO8. The Hall–Kier alpha value is -3.14. The predicted octanol–water partition coefficient (Wildman–Crippen LogP) is 5.39. The Morgan fingerprint density at radius 1 is 0.978 bits per heavy atom. The van der Waals surface area contributed by atoms with Crippen LogP contribution in [0.1, 0.15) is 92.1 Å². The van der Waals surface area contributed by atoms with Gasteiger partial charge in [-0.15, -0.1) is 0 Å². The van der Waals surface area contributed by atoms with Crippen LogP contribution >= 0.6 is 0 Å². The number of rotatable bonds is 7. The lowest BCUT2D eigenvalue weighted by atomic mass is 9.42. The van der Waals surface area contributed by atoms with Crippen LogP contribution in [-0.2, 0) is 23.9 Å². The highest BCUT2D eigenvalue weighted by molar-refractivity contribution is 5.88. The molecule has 9 heteroatoms. The topological polar surface area (TPSA) is 130 Å². The molecule has 4 aliphatic carbocycles. The van der Waals surface area contributed by atoms with E-state index in [9.17, 15) is 34.1 Å². The lowest BCUT2D eigenvalue weighted by molar-refractivity contribution is -0.314. The second-order valence-corrected chi connectivity index (χ2v) is 14.7. The van der Waals surface area contributed by atoms with Gasteiger partial charge in [0, 0.05) is 24.5 Å². The number of allylic oxidation sites excluding steroid dienone is 1. The monoisotopic (exact) mass is 638 g/mol. The molecular weight excluding hydrogens is 591 g/mol. The quantitative estimate of drug-likeness (QED) is 0.206. The average Bonchev–Trinajstić information content (AvgIpc) is 3.22. The normalized spacial score (nSPS) is 38.9. The maximum atomic E-state index is 13.3. The molecule has 3 fully saturated rings. The van der Waals surface area contributed by atoms with Gasteiger partial charge in [0.1, 0.15) is 34.8 Å². The summed E-state index contributed by atoms with van der Waals surface area (Å²) >= 11 is 0. The first kappa shape index (κ1) is 34.2. The van der Waals surface area contributed by atoms with E-state index in [0.29, 0.717) is 24.8 Å². The van der Waals surface area contributed by atoms with Gasteiger partial charge in [-0.05, 0) is 94.4 Å². The van der Waals surface area contributed by atoms with Crippen molar-refractivity contribution in [1.29, 1.82) is 0 Å². The molecule has 46 heavy (non-hydrogen) atoms. The third kappa shape index (κ3) is 5.19. The Morgan fingerprint density at radius 2 is 1.65 bits per heavy atom. The average molecular weight is 639 g/mol. The number of benzene rings is 1. The zero-order valence-electron chi connectivity index (χ0n) is 27.6. The van der Waals surface area contributed by atoms with Crippen molar-refractivity contribution in [2.24, 2.45) is 22.7 Å². The number of fused-ring (bicyclic) bond motifs is 5. The largest absolute Gasteiger partial charge is 0.459 e. The molecule has 1 aromatic rings. The summed E-state index contributed by atoms with van der Waals surface area (Å²) in [7, 11) is 0. The number of esters is 2. The van der Waals surface area contributed by atoms with Crippen molar-refractivity contribution < 1.29 is 43.6 Å². The fourth-order valence-electron chi connectivity index (χ4n) is 8.93. The Bertz CT molecular complexity index is 1490. The molecule has 0 amide bonds. The van der Waals surface area contributed by atoms with Crippen LogP contribution in [0.2, 0.25) is 0 Å². The molecule has 0 aromatic heterocycles. The molecule has 1 aromatic carbocycles. The number of halogens is 1. The maximum Gasteiger partial charge on any atom is 0.331 e. The molecule has 0 saturated heterocycles. The van der Waals surface area contributed by atoms with Crippen molar-refractivity contribution in [3.05, 3.63) is 65.0 Å². The Morgan fingerprint density at radius 3 is 2.28 bits per heavy atom. The molecule has 3 N–H and O–H groups in total. The number of hydrogen-bond acceptors (Lipinski definition) is 8. The Kier molecular flexibility index (Phi) is 8.80. The van der Waals surface area contributed by atoms with Crippen LogP contribution in [0.3, 0.4) is 0 Å². The third-order valence-corrected chi connectivity index (χ3v) is 12.2. The van der Waals surface area contributed by atoms with Crippen LogP contribution in [0.4, 0.5) is 4.39 Å². The molecule has 0 radical (unpaired) electrons. The van der Waals surface area contributed by atoms with E-state index >= 15 is 0 Å². The summed E-state index contributed by atoms with van der Waals surface area (Å²) in [5.74, 6) is -2.52. The maximum absolute atomic E-state index is 13.3. The summed E-state index contributed by atoms with van der Waals surface area (Å²) in [5, 5.41) is 37.1. The van der Waals surface area contributed by atoms with E-state index in [2.05, 4.69) is 0 Å². The Balaban J connectivity index is 1.44. The summed E-state index contributed by atoms with van der Waals surface area (Å²) in [6.45, 7) is 10.6. The van der Waals surface area contributed by atoms with Gasteiger partial charge in [-0.1, -0.05) is 50.1 Å². The molecule has 8 nitrogen and oxygen atoms in total. The van der Waals surface area contributed by atoms with E-state index in [1.54, 1.807) is 25.1 Å². The molecule has 8 atom stereocenters. The van der Waals surface area contributed by atoms with E-state index in [1.807, 2.05) is 33.8 Å². The third-order valence-electron chi connectivity index (χ3n) is 12.2. The zero-order valence-corrected chi connectivity index (χ0v) is 27.6. The Labute approximate surface area is 270 Å². The minimum Gasteiger partial charge on any atom is -0.459 e. The summed E-state index contributed by atoms with van der Waals surface area (Å²) in [4.78, 5) is 39.0. The highest BCUT2D eigenvalue weighted by Crippen LogP contribution is 2.71. The predicted molar refractivity (Wildman–Crippen MR) is 169 cm³/mol. The second-order valence-electron chi connectivity index (χ2n) is 14.7. The van der Waals surface area contributed by atoms with E-state index in [1.165, 1.54) is 31.2 Å². The van der Waals surface area contributed by atoms with Crippen molar-refractivity contribution in [3.63, 3.8) is 0 Å². The number of carbonyl (C=O) groups is 3. The minimum absolute atomic E-state index is 0.0403. The van der Waals surface area contributed by atoms with E-state index in [4.69, 9.17) is 9.47 Å². The smallest absolute Gasteiger partial charge is 0.331 e. The lowest BCUT2D eigenvalue weighted by Gasteiger charge is -2.67. The van der Waals surface area contributed by atoms with Crippen LogP contribution in [0.25, 0.3) is 6.08 Å². The van der Waals surface area contributed by atoms with Gasteiger partial charge in [-0.3, -0.25) is 4.79 Å². The molecule has 3 saturated carbocycles. The minimum atomic E-state index is -2.01. The summed E-state index contributed by atoms with van der Waals surface area (Å²) in [6.07, 6.45) is 6.30. The molecule has 250 valence electrons. The van der Waals surface area contributed by atoms with Gasteiger partial charge in [0.15, 0.2) is 5.78 Å². The van der Waals surface area contributed by atoms with Gasteiger partial charge in [0.05, 0.1) is 5.41 Å². The van der Waals surface area contributed by atoms with Crippen LogP contribution in [0.5, 0.6) is 0 Å². The van der Waals surface area contributed by atoms with Crippen LogP contribution in [-0.4, -0.2) is 62.1 Å². The fourth-order valence-corrected chi connectivity index (χ4v) is 8.93. The molecule has 5 rings (SSSR count). The SMILES string of the molecule is CC(=O)[C@]1(O)CC[C@@]2(O)[C@]1(C)[C@H](OC(=O)/C=C(\C)C(C)C)CC1[C@@]3(C)CC[C@H](OC(=O)/C=C/c4ccc(F)cc4)CC3=CC[C@]12O. The van der Waals surface area contributed by atoms with Crippen LogP contribution in [0.15, 0.2) is 53.6 Å². The van der Waals surface area contributed by atoms with Crippen molar-refractivity contribution in [3.8, 4) is 0 Å². The van der Waals surface area contributed by atoms with Gasteiger partial charge in [0.2, 0.25) is 0 Å². The molecule has 0 aliphatic heterocycles. The number of ketones is 1. The first-order chi connectivity index (χ1) is 21.4. The fraction of sp³-hybridized carbons (Fsp3) is 0.595. The highest BCUT2D eigenvalue weighted by Gasteiger charge is 2.81. The summed E-state index contributed by atoms with van der Waals surface area (Å²) in [5.41, 5.74) is -5.51. The van der Waals surface area contributed by atoms with Gasteiger partial charge >= 0.3 is 11.9 Å². The van der Waals surface area contributed by atoms with Crippen LogP contribution in [0, 0.1) is 28.5 Å². The van der Waals surface area contributed by atoms with Crippen molar-refractivity contribution >= 4 is 23.8 Å². The van der Waals surface area contributed by atoms with Crippen molar-refractivity contribution in [2.45, 2.75) is 115 Å². The van der Waals surface area contributed by atoms with E-state index in [0.717, 1.165) is 11.1 Å². The molecule has 4 aliphatic rings. The van der Waals surface area contributed by atoms with Gasteiger partial charge in [-0.25, -0.2) is 14.0 Å². The second kappa shape index (κ2) is 11.8. The first-order valence-electron chi connectivity index (χ1n) is 16.3. The van der Waals surface area contributed by atoms with Gasteiger partial charge in [-0.2, -0.15) is 0 Å². The summed E-state index contributed by atoms with van der Waals surface area (Å²) < 4.78 is 25.1. The molecule has 0 spiro atoms. The van der Waals surface area contributed by atoms with Crippen molar-refractivity contribution in [2.75, 3.05) is 0 Å². The van der Waals surface area contributed by atoms with Gasteiger partial charge < -0.3 is 24.8 Å². The molecule has 0 bridgehead atoms. The number of aliphatic hydroxyl groups is 3. The van der Waals surface area contributed by atoms with Crippen LogP contribution < -0.4 is 0 Å². The molecule has 1 unspecified atom stereocenters. The van der Waals surface area contributed by atoms with Gasteiger partial charge in [0.25, 0.3) is 0 Å².